The molecule has 5 nitrogen and oxygen atoms in total. The van der Waals surface area contributed by atoms with E-state index >= 15 is 0 Å². The second kappa shape index (κ2) is 4.58. The van der Waals surface area contributed by atoms with Crippen LogP contribution in [0.5, 0.6) is 11.5 Å². The van der Waals surface area contributed by atoms with Crippen LogP contribution in [0, 0.1) is 0 Å². The van der Waals surface area contributed by atoms with Gasteiger partial charge >= 0.3 is 5.97 Å². The Bertz CT molecular complexity index is 449. The first-order valence-corrected chi connectivity index (χ1v) is 5.08. The molecular weight excluding hydrogens is 229 g/mol. The van der Waals surface area contributed by atoms with Crippen molar-refractivity contribution >= 4 is 5.97 Å². The lowest BCUT2D eigenvalue weighted by Gasteiger charge is -2.14. The Kier molecular flexibility index (Phi) is 3.14. The highest BCUT2D eigenvalue weighted by Crippen LogP contribution is 2.37. The molecule has 1 aromatic carbocycles. The zero-order valence-corrected chi connectivity index (χ0v) is 8.98. The van der Waals surface area contributed by atoms with Crippen LogP contribution in [0.2, 0.25) is 0 Å². The van der Waals surface area contributed by atoms with Gasteiger partial charge in [-0.15, -0.1) is 0 Å². The normalized spacial score (nSPS) is 14.7. The van der Waals surface area contributed by atoms with E-state index in [0.29, 0.717) is 17.1 Å². The molecule has 0 amide bonds. The van der Waals surface area contributed by atoms with E-state index in [2.05, 4.69) is 0 Å². The molecule has 0 spiro atoms. The fourth-order valence-corrected chi connectivity index (χ4v) is 1.80. The van der Waals surface area contributed by atoms with E-state index < -0.39 is 18.6 Å². The zero-order valence-electron chi connectivity index (χ0n) is 8.98. The lowest BCUT2D eigenvalue weighted by atomic mass is 9.94. The third kappa shape index (κ3) is 2.03. The van der Waals surface area contributed by atoms with Gasteiger partial charge < -0.3 is 20.3 Å². The lowest BCUT2D eigenvalue weighted by molar-refractivity contribution is -0.138. The third-order valence-corrected chi connectivity index (χ3v) is 2.69. The van der Waals surface area contributed by atoms with Gasteiger partial charge in [-0.1, -0.05) is 0 Å². The standard InChI is InChI=1S/C11H12FNO4/c12-3-6-1-9-10(17-5-16-9)2-7(6)8(4-13)11(14)15/h1-2,8H,3-5,13H2,(H,14,15). The van der Waals surface area contributed by atoms with Crippen molar-refractivity contribution in [1.29, 1.82) is 0 Å². The van der Waals surface area contributed by atoms with E-state index in [-0.39, 0.29) is 18.9 Å². The largest absolute Gasteiger partial charge is 0.481 e. The highest BCUT2D eigenvalue weighted by atomic mass is 19.1. The Balaban J connectivity index is 2.48. The maximum atomic E-state index is 12.9. The minimum Gasteiger partial charge on any atom is -0.481 e. The molecule has 1 aliphatic rings. The van der Waals surface area contributed by atoms with Crippen LogP contribution in [0.1, 0.15) is 17.0 Å². The first-order valence-electron chi connectivity index (χ1n) is 5.08. The summed E-state index contributed by atoms with van der Waals surface area (Å²) in [5, 5.41) is 9.02. The SMILES string of the molecule is NCC(C(=O)O)c1cc2c(cc1CF)OCO2. The van der Waals surface area contributed by atoms with Crippen LogP contribution >= 0.6 is 0 Å². The number of ether oxygens (including phenoxy) is 2. The van der Waals surface area contributed by atoms with Crippen molar-refractivity contribution in [3.05, 3.63) is 23.3 Å². The predicted molar refractivity (Wildman–Crippen MR) is 56.8 cm³/mol. The zero-order chi connectivity index (χ0) is 12.4. The van der Waals surface area contributed by atoms with Crippen LogP contribution in [-0.2, 0) is 11.5 Å². The summed E-state index contributed by atoms with van der Waals surface area (Å²) in [7, 11) is 0. The number of carbonyl (C=O) groups is 1. The molecule has 92 valence electrons. The van der Waals surface area contributed by atoms with Crippen molar-refractivity contribution in [3.63, 3.8) is 0 Å². The van der Waals surface area contributed by atoms with E-state index in [4.69, 9.17) is 20.3 Å². The fraction of sp³-hybridized carbons (Fsp3) is 0.364. The molecule has 0 radical (unpaired) electrons. The summed E-state index contributed by atoms with van der Waals surface area (Å²) >= 11 is 0. The average Bonchev–Trinajstić information content (AvgIpc) is 2.75. The summed E-state index contributed by atoms with van der Waals surface area (Å²) in [5.74, 6) is -1.16. The van der Waals surface area contributed by atoms with Gasteiger partial charge in [-0.2, -0.15) is 0 Å². The van der Waals surface area contributed by atoms with Gasteiger partial charge in [-0.05, 0) is 23.3 Å². The number of nitrogens with two attached hydrogens (primary N) is 1. The van der Waals surface area contributed by atoms with E-state index in [9.17, 15) is 9.18 Å². The molecule has 0 bridgehead atoms. The van der Waals surface area contributed by atoms with Crippen molar-refractivity contribution < 1.29 is 23.8 Å². The monoisotopic (exact) mass is 241 g/mol. The smallest absolute Gasteiger partial charge is 0.312 e. The van der Waals surface area contributed by atoms with Crippen LogP contribution in [0.15, 0.2) is 12.1 Å². The molecule has 6 heteroatoms. The van der Waals surface area contributed by atoms with Crippen molar-refractivity contribution in [1.82, 2.24) is 0 Å². The minimum atomic E-state index is -1.08. The molecule has 1 unspecified atom stereocenters. The van der Waals surface area contributed by atoms with E-state index in [1.807, 2.05) is 0 Å². The van der Waals surface area contributed by atoms with Gasteiger partial charge in [0.25, 0.3) is 0 Å². The van der Waals surface area contributed by atoms with Gasteiger partial charge in [0.05, 0.1) is 5.92 Å². The summed E-state index contributed by atoms with van der Waals surface area (Å²) in [6.45, 7) is -0.803. The van der Waals surface area contributed by atoms with E-state index in [0.717, 1.165) is 0 Å². The Labute approximate surface area is 96.9 Å². The van der Waals surface area contributed by atoms with E-state index in [1.165, 1.54) is 12.1 Å². The molecule has 2 rings (SSSR count). The summed E-state index contributed by atoms with van der Waals surface area (Å²) in [6, 6.07) is 2.95. The molecular formula is C11H12FNO4. The topological polar surface area (TPSA) is 81.8 Å². The maximum absolute atomic E-state index is 12.9. The molecule has 0 saturated heterocycles. The van der Waals surface area contributed by atoms with Crippen molar-refractivity contribution in [3.8, 4) is 11.5 Å². The van der Waals surface area contributed by atoms with Gasteiger partial charge in [0.1, 0.15) is 6.67 Å². The third-order valence-electron chi connectivity index (χ3n) is 2.69. The van der Waals surface area contributed by atoms with E-state index in [1.54, 1.807) is 0 Å². The maximum Gasteiger partial charge on any atom is 0.312 e. The first-order chi connectivity index (χ1) is 8.17. The van der Waals surface area contributed by atoms with Crippen LogP contribution in [-0.4, -0.2) is 24.4 Å². The molecule has 0 aliphatic carbocycles. The second-order valence-corrected chi connectivity index (χ2v) is 3.66. The number of benzene rings is 1. The Morgan fingerprint density at radius 2 is 2.12 bits per heavy atom. The van der Waals surface area contributed by atoms with Crippen molar-refractivity contribution in [2.75, 3.05) is 13.3 Å². The summed E-state index contributed by atoms with van der Waals surface area (Å²) in [6.07, 6.45) is 0. The fourth-order valence-electron chi connectivity index (χ4n) is 1.80. The molecule has 1 aliphatic heterocycles. The number of hydrogen-bond donors (Lipinski definition) is 2. The minimum absolute atomic E-state index is 0.0604. The Morgan fingerprint density at radius 3 is 2.65 bits per heavy atom. The molecule has 17 heavy (non-hydrogen) atoms. The highest BCUT2D eigenvalue weighted by Gasteiger charge is 2.25. The molecule has 1 atom stereocenters. The first kappa shape index (κ1) is 11.7. The molecule has 1 heterocycles. The molecule has 3 N–H and O–H groups in total. The van der Waals surface area contributed by atoms with Crippen LogP contribution in [0.4, 0.5) is 4.39 Å². The van der Waals surface area contributed by atoms with Gasteiger partial charge in [0.15, 0.2) is 11.5 Å². The van der Waals surface area contributed by atoms with Crippen LogP contribution in [0.25, 0.3) is 0 Å². The van der Waals surface area contributed by atoms with Gasteiger partial charge in [0.2, 0.25) is 6.79 Å². The molecule has 0 saturated carbocycles. The van der Waals surface area contributed by atoms with Crippen LogP contribution < -0.4 is 15.2 Å². The number of carboxylic acids is 1. The van der Waals surface area contributed by atoms with Crippen LogP contribution in [0.3, 0.4) is 0 Å². The number of hydrogen-bond acceptors (Lipinski definition) is 4. The van der Waals surface area contributed by atoms with Gasteiger partial charge in [-0.25, -0.2) is 4.39 Å². The summed E-state index contributed by atoms with van der Waals surface area (Å²) in [4.78, 5) is 11.0. The highest BCUT2D eigenvalue weighted by molar-refractivity contribution is 5.77. The number of carboxylic acid groups (broad SMARTS) is 1. The quantitative estimate of drug-likeness (QED) is 0.822. The molecule has 1 aromatic rings. The number of aliphatic carboxylic acids is 1. The predicted octanol–water partition coefficient (Wildman–Crippen LogP) is 1.01. The summed E-state index contributed by atoms with van der Waals surface area (Å²) in [5.41, 5.74) is 6.01. The van der Waals surface area contributed by atoms with Crippen molar-refractivity contribution in [2.24, 2.45) is 5.73 Å². The number of halogens is 1. The Morgan fingerprint density at radius 1 is 1.47 bits per heavy atom. The summed E-state index contributed by atoms with van der Waals surface area (Å²) < 4.78 is 23.1. The number of rotatable bonds is 4. The van der Waals surface area contributed by atoms with Gasteiger partial charge in [0, 0.05) is 6.54 Å². The Hall–Kier alpha value is -1.82. The average molecular weight is 241 g/mol. The molecule has 0 fully saturated rings. The second-order valence-electron chi connectivity index (χ2n) is 3.66. The molecule has 0 aromatic heterocycles. The number of fused-ring (bicyclic) bond motifs is 1. The number of alkyl halides is 1. The van der Waals surface area contributed by atoms with Gasteiger partial charge in [-0.3, -0.25) is 4.79 Å². The lowest BCUT2D eigenvalue weighted by Crippen LogP contribution is -2.22. The van der Waals surface area contributed by atoms with Crippen molar-refractivity contribution in [2.45, 2.75) is 12.6 Å².